The molecule has 0 unspecified atom stereocenters. The van der Waals surface area contributed by atoms with E-state index in [2.05, 4.69) is 0 Å². The number of nitrogens with zero attached hydrogens (tertiary/aromatic N) is 1. The molecule has 7 heteroatoms. The average molecular weight is 361 g/mol. The lowest BCUT2D eigenvalue weighted by atomic mass is 10.0. The van der Waals surface area contributed by atoms with Crippen LogP contribution >= 0.6 is 0 Å². The number of carbonyl (C=O) groups excluding carboxylic acids is 3. The van der Waals surface area contributed by atoms with Gasteiger partial charge in [0.1, 0.15) is 18.3 Å². The first-order valence-electron chi connectivity index (χ1n) is 8.69. The molecule has 140 valence electrons. The summed E-state index contributed by atoms with van der Waals surface area (Å²) < 4.78 is 15.9. The summed E-state index contributed by atoms with van der Waals surface area (Å²) in [7, 11) is 0. The molecule has 0 N–H and O–H groups in total. The van der Waals surface area contributed by atoms with Gasteiger partial charge in [0.2, 0.25) is 0 Å². The SMILES string of the molecule is CC(C)(C)OC(=O)N1C(=O)O[C@H]2CC[C@@H](C(=O)OCc3ccccc3)[C@H]21. The summed E-state index contributed by atoms with van der Waals surface area (Å²) in [6.45, 7) is 5.28. The fourth-order valence-electron chi connectivity index (χ4n) is 3.33. The zero-order chi connectivity index (χ0) is 18.9. The number of esters is 1. The second-order valence-electron chi connectivity index (χ2n) is 7.54. The van der Waals surface area contributed by atoms with Crippen LogP contribution in [0.1, 0.15) is 39.2 Å². The molecule has 0 aromatic heterocycles. The van der Waals surface area contributed by atoms with Crippen LogP contribution in [0.5, 0.6) is 0 Å². The summed E-state index contributed by atoms with van der Waals surface area (Å²) in [6.07, 6.45) is -1.05. The molecule has 0 bridgehead atoms. The van der Waals surface area contributed by atoms with Crippen LogP contribution in [-0.4, -0.2) is 40.8 Å². The summed E-state index contributed by atoms with van der Waals surface area (Å²) in [5.74, 6) is -1.05. The molecular weight excluding hydrogens is 338 g/mol. The highest BCUT2D eigenvalue weighted by Gasteiger charge is 2.56. The summed E-state index contributed by atoms with van der Waals surface area (Å²) in [5.41, 5.74) is 0.121. The largest absolute Gasteiger partial charge is 0.461 e. The van der Waals surface area contributed by atoms with Crippen molar-refractivity contribution >= 4 is 18.2 Å². The van der Waals surface area contributed by atoms with E-state index in [4.69, 9.17) is 14.2 Å². The van der Waals surface area contributed by atoms with Gasteiger partial charge < -0.3 is 14.2 Å². The monoisotopic (exact) mass is 361 g/mol. The first kappa shape index (κ1) is 18.2. The second-order valence-corrected chi connectivity index (χ2v) is 7.54. The number of hydrogen-bond acceptors (Lipinski definition) is 6. The Morgan fingerprint density at radius 1 is 1.19 bits per heavy atom. The Morgan fingerprint density at radius 2 is 1.88 bits per heavy atom. The van der Waals surface area contributed by atoms with Crippen LogP contribution in [0.2, 0.25) is 0 Å². The van der Waals surface area contributed by atoms with Crippen LogP contribution in [-0.2, 0) is 25.6 Å². The number of imide groups is 1. The second kappa shape index (κ2) is 6.97. The highest BCUT2D eigenvalue weighted by Crippen LogP contribution is 2.39. The molecular formula is C19H23NO6. The van der Waals surface area contributed by atoms with Gasteiger partial charge in [-0.05, 0) is 39.2 Å². The number of rotatable bonds is 3. The van der Waals surface area contributed by atoms with E-state index in [9.17, 15) is 14.4 Å². The van der Waals surface area contributed by atoms with Gasteiger partial charge in [-0.2, -0.15) is 0 Å². The molecule has 1 saturated heterocycles. The number of benzene rings is 1. The van der Waals surface area contributed by atoms with Gasteiger partial charge in [-0.3, -0.25) is 4.79 Å². The molecule has 2 amide bonds. The van der Waals surface area contributed by atoms with Crippen LogP contribution < -0.4 is 0 Å². The van der Waals surface area contributed by atoms with Gasteiger partial charge in [-0.25, -0.2) is 14.5 Å². The standard InChI is InChI=1S/C19H23NO6/c1-19(2,3)26-18(23)20-15-13(9-10-14(15)25-17(20)22)16(21)24-11-12-7-5-4-6-8-12/h4-8,13-15H,9-11H2,1-3H3/t13-,14+,15-/m1/s1. The van der Waals surface area contributed by atoms with Crippen molar-refractivity contribution in [3.63, 3.8) is 0 Å². The summed E-state index contributed by atoms with van der Waals surface area (Å²) in [5, 5.41) is 0. The van der Waals surface area contributed by atoms with E-state index in [1.165, 1.54) is 0 Å². The van der Waals surface area contributed by atoms with Crippen molar-refractivity contribution in [2.75, 3.05) is 0 Å². The fourth-order valence-corrected chi connectivity index (χ4v) is 3.33. The third kappa shape index (κ3) is 3.81. The Balaban J connectivity index is 1.69. The summed E-state index contributed by atoms with van der Waals surface area (Å²) in [4.78, 5) is 38.0. The molecule has 0 spiro atoms. The molecule has 7 nitrogen and oxygen atoms in total. The highest BCUT2D eigenvalue weighted by molar-refractivity contribution is 5.91. The first-order valence-corrected chi connectivity index (χ1v) is 8.69. The highest BCUT2D eigenvalue weighted by atomic mass is 16.6. The predicted octanol–water partition coefficient (Wildman–Crippen LogP) is 3.26. The molecule has 1 heterocycles. The van der Waals surface area contributed by atoms with E-state index in [-0.39, 0.29) is 6.61 Å². The van der Waals surface area contributed by atoms with Crippen LogP contribution in [0, 0.1) is 5.92 Å². The third-order valence-corrected chi connectivity index (χ3v) is 4.42. The maximum absolute atomic E-state index is 12.6. The van der Waals surface area contributed by atoms with Gasteiger partial charge in [0.25, 0.3) is 0 Å². The van der Waals surface area contributed by atoms with E-state index in [0.29, 0.717) is 12.8 Å². The van der Waals surface area contributed by atoms with Crippen LogP contribution in [0.3, 0.4) is 0 Å². The fraction of sp³-hybridized carbons (Fsp3) is 0.526. The van der Waals surface area contributed by atoms with E-state index in [1.54, 1.807) is 20.8 Å². The Labute approximate surface area is 152 Å². The minimum absolute atomic E-state index is 0.148. The number of hydrogen-bond donors (Lipinski definition) is 0. The lowest BCUT2D eigenvalue weighted by Crippen LogP contribution is -2.47. The van der Waals surface area contributed by atoms with E-state index in [1.807, 2.05) is 30.3 Å². The van der Waals surface area contributed by atoms with Crippen LogP contribution in [0.4, 0.5) is 9.59 Å². The van der Waals surface area contributed by atoms with Crippen molar-refractivity contribution in [3.05, 3.63) is 35.9 Å². The van der Waals surface area contributed by atoms with Crippen LogP contribution in [0.15, 0.2) is 30.3 Å². The van der Waals surface area contributed by atoms with Crippen molar-refractivity contribution in [1.82, 2.24) is 4.90 Å². The van der Waals surface area contributed by atoms with Crippen molar-refractivity contribution < 1.29 is 28.6 Å². The molecule has 0 radical (unpaired) electrons. The number of carbonyl (C=O) groups is 3. The lowest BCUT2D eigenvalue weighted by molar-refractivity contribution is -0.151. The molecule has 2 fully saturated rings. The zero-order valence-electron chi connectivity index (χ0n) is 15.1. The van der Waals surface area contributed by atoms with Gasteiger partial charge >= 0.3 is 18.2 Å². The van der Waals surface area contributed by atoms with Crippen molar-refractivity contribution in [3.8, 4) is 0 Å². The molecule has 3 atom stereocenters. The zero-order valence-corrected chi connectivity index (χ0v) is 15.1. The Hall–Kier alpha value is -2.57. The molecule has 3 rings (SSSR count). The molecule has 1 aromatic rings. The minimum Gasteiger partial charge on any atom is -0.461 e. The van der Waals surface area contributed by atoms with E-state index in [0.717, 1.165) is 10.5 Å². The minimum atomic E-state index is -0.794. The number of fused-ring (bicyclic) bond motifs is 1. The maximum atomic E-state index is 12.6. The van der Waals surface area contributed by atoms with Gasteiger partial charge in [0, 0.05) is 0 Å². The van der Waals surface area contributed by atoms with E-state index >= 15 is 0 Å². The smallest absolute Gasteiger partial charge is 0.420 e. The quantitative estimate of drug-likeness (QED) is 0.607. The molecule has 1 saturated carbocycles. The average Bonchev–Trinajstić information content (AvgIpc) is 3.09. The van der Waals surface area contributed by atoms with Crippen molar-refractivity contribution in [2.24, 2.45) is 5.92 Å². The summed E-state index contributed by atoms with van der Waals surface area (Å²) >= 11 is 0. The Kier molecular flexibility index (Phi) is 4.89. The molecule has 1 aliphatic carbocycles. The first-order chi connectivity index (χ1) is 12.3. The summed E-state index contributed by atoms with van der Waals surface area (Å²) in [6, 6.07) is 8.65. The van der Waals surface area contributed by atoms with Gasteiger partial charge in [0.15, 0.2) is 0 Å². The van der Waals surface area contributed by atoms with E-state index < -0.39 is 41.8 Å². The van der Waals surface area contributed by atoms with Crippen molar-refractivity contribution in [1.29, 1.82) is 0 Å². The van der Waals surface area contributed by atoms with Crippen molar-refractivity contribution in [2.45, 2.75) is 58.0 Å². The molecule has 26 heavy (non-hydrogen) atoms. The topological polar surface area (TPSA) is 82.1 Å². The Bertz CT molecular complexity index is 696. The molecule has 1 aromatic carbocycles. The van der Waals surface area contributed by atoms with Crippen LogP contribution in [0.25, 0.3) is 0 Å². The predicted molar refractivity (Wildman–Crippen MR) is 91.1 cm³/mol. The van der Waals surface area contributed by atoms with Gasteiger partial charge in [0.05, 0.1) is 12.0 Å². The molecule has 1 aliphatic heterocycles. The number of amides is 2. The van der Waals surface area contributed by atoms with Gasteiger partial charge in [-0.1, -0.05) is 30.3 Å². The maximum Gasteiger partial charge on any atom is 0.420 e. The Morgan fingerprint density at radius 3 is 2.54 bits per heavy atom. The normalized spacial score (nSPS) is 24.8. The molecule has 2 aliphatic rings. The number of ether oxygens (including phenoxy) is 3. The lowest BCUT2D eigenvalue weighted by Gasteiger charge is -2.27. The third-order valence-electron chi connectivity index (χ3n) is 4.42. The van der Waals surface area contributed by atoms with Gasteiger partial charge in [-0.15, -0.1) is 0 Å².